The van der Waals surface area contributed by atoms with Crippen molar-refractivity contribution in [2.24, 2.45) is 5.73 Å². The summed E-state index contributed by atoms with van der Waals surface area (Å²) >= 11 is 3.49. The molecule has 0 aromatic heterocycles. The van der Waals surface area contributed by atoms with Gasteiger partial charge in [-0.2, -0.15) is 0 Å². The largest absolute Gasteiger partial charge is 0.368 e. The fraction of sp³-hybridized carbons (Fsp3) is 0.562. The van der Waals surface area contributed by atoms with E-state index in [-0.39, 0.29) is 11.9 Å². The molecule has 1 atom stereocenters. The number of halogens is 1. The van der Waals surface area contributed by atoms with E-state index in [9.17, 15) is 4.79 Å². The molecule has 0 saturated heterocycles. The number of carbonyl (C=O) groups excluding carboxylic acids is 1. The lowest BCUT2D eigenvalue weighted by atomic mass is 10.0. The minimum atomic E-state index is -0.384. The van der Waals surface area contributed by atoms with E-state index in [2.05, 4.69) is 21.2 Å². The minimum absolute atomic E-state index is 0.295. The lowest BCUT2D eigenvalue weighted by Crippen LogP contribution is -2.39. The molecule has 1 aromatic rings. The van der Waals surface area contributed by atoms with Gasteiger partial charge < -0.3 is 5.73 Å². The Kier molecular flexibility index (Phi) is 5.61. The highest BCUT2D eigenvalue weighted by Gasteiger charge is 2.22. The number of aryl methyl sites for hydroxylation is 1. The molecular formula is C16H23BrN2O. The van der Waals surface area contributed by atoms with Gasteiger partial charge in [0.25, 0.3) is 0 Å². The van der Waals surface area contributed by atoms with E-state index in [1.165, 1.54) is 25.7 Å². The highest BCUT2D eigenvalue weighted by atomic mass is 79.9. The van der Waals surface area contributed by atoms with Gasteiger partial charge in [0, 0.05) is 10.5 Å². The van der Waals surface area contributed by atoms with Gasteiger partial charge in [-0.3, -0.25) is 10.1 Å². The van der Waals surface area contributed by atoms with Crippen LogP contribution in [0.5, 0.6) is 0 Å². The van der Waals surface area contributed by atoms with Crippen molar-refractivity contribution in [3.63, 3.8) is 0 Å². The molecule has 2 rings (SSSR count). The number of amides is 1. The van der Waals surface area contributed by atoms with Gasteiger partial charge in [-0.25, -0.2) is 0 Å². The van der Waals surface area contributed by atoms with E-state index in [1.54, 1.807) is 0 Å². The van der Waals surface area contributed by atoms with Gasteiger partial charge in [-0.1, -0.05) is 53.7 Å². The summed E-state index contributed by atoms with van der Waals surface area (Å²) < 4.78 is 1.05. The van der Waals surface area contributed by atoms with E-state index >= 15 is 0 Å². The monoisotopic (exact) mass is 338 g/mol. The maximum atomic E-state index is 11.8. The predicted molar refractivity (Wildman–Crippen MR) is 85.4 cm³/mol. The van der Waals surface area contributed by atoms with Crippen LogP contribution < -0.4 is 11.1 Å². The summed E-state index contributed by atoms with van der Waals surface area (Å²) in [6.07, 6.45) is 7.36. The van der Waals surface area contributed by atoms with Crippen LogP contribution in [-0.4, -0.2) is 11.9 Å². The first-order chi connectivity index (χ1) is 9.58. The summed E-state index contributed by atoms with van der Waals surface area (Å²) in [5, 5.41) is 3.47. The van der Waals surface area contributed by atoms with Crippen molar-refractivity contribution in [3.05, 3.63) is 33.8 Å². The number of benzene rings is 1. The lowest BCUT2D eigenvalue weighted by Gasteiger charge is -2.23. The summed E-state index contributed by atoms with van der Waals surface area (Å²) in [6, 6.07) is 6.00. The second kappa shape index (κ2) is 7.23. The van der Waals surface area contributed by atoms with Crippen LogP contribution in [-0.2, 0) is 4.79 Å². The molecule has 0 spiro atoms. The Bertz CT molecular complexity index is 468. The summed E-state index contributed by atoms with van der Waals surface area (Å²) in [6.45, 7) is 2.03. The Morgan fingerprint density at radius 2 is 1.95 bits per heavy atom. The minimum Gasteiger partial charge on any atom is -0.368 e. The number of hydrogen-bond donors (Lipinski definition) is 2. The molecule has 20 heavy (non-hydrogen) atoms. The maximum absolute atomic E-state index is 11.8. The maximum Gasteiger partial charge on any atom is 0.239 e. The highest BCUT2D eigenvalue weighted by Crippen LogP contribution is 2.24. The first-order valence-corrected chi connectivity index (χ1v) is 8.18. The van der Waals surface area contributed by atoms with Crippen LogP contribution in [0, 0.1) is 6.92 Å². The molecule has 1 aliphatic carbocycles. The standard InChI is InChI=1S/C16H23BrN2O/c1-11-10-12(8-9-14(11)17)15(16(18)20)19-13-6-4-2-3-5-7-13/h8-10,13,15,19H,2-7H2,1H3,(H2,18,20). The number of primary amides is 1. The van der Waals surface area contributed by atoms with E-state index < -0.39 is 0 Å². The van der Waals surface area contributed by atoms with Gasteiger partial charge in [0.2, 0.25) is 5.91 Å². The zero-order valence-electron chi connectivity index (χ0n) is 12.0. The van der Waals surface area contributed by atoms with Crippen molar-refractivity contribution in [3.8, 4) is 0 Å². The van der Waals surface area contributed by atoms with Crippen LogP contribution in [0.25, 0.3) is 0 Å². The number of rotatable bonds is 4. The average molecular weight is 339 g/mol. The van der Waals surface area contributed by atoms with Crippen molar-refractivity contribution in [2.45, 2.75) is 57.5 Å². The van der Waals surface area contributed by atoms with Gasteiger partial charge in [0.05, 0.1) is 0 Å². The zero-order valence-corrected chi connectivity index (χ0v) is 13.6. The first kappa shape index (κ1) is 15.5. The highest BCUT2D eigenvalue weighted by molar-refractivity contribution is 9.10. The van der Waals surface area contributed by atoms with Crippen molar-refractivity contribution < 1.29 is 4.79 Å². The van der Waals surface area contributed by atoms with Gasteiger partial charge in [0.1, 0.15) is 6.04 Å². The molecular weight excluding hydrogens is 316 g/mol. The molecule has 3 nitrogen and oxygen atoms in total. The summed E-state index contributed by atoms with van der Waals surface area (Å²) in [5.41, 5.74) is 7.68. The molecule has 1 aromatic carbocycles. The molecule has 0 heterocycles. The number of carbonyl (C=O) groups is 1. The smallest absolute Gasteiger partial charge is 0.239 e. The summed E-state index contributed by atoms with van der Waals surface area (Å²) in [7, 11) is 0. The number of hydrogen-bond acceptors (Lipinski definition) is 2. The van der Waals surface area contributed by atoms with E-state index in [4.69, 9.17) is 5.73 Å². The first-order valence-electron chi connectivity index (χ1n) is 7.39. The molecule has 3 N–H and O–H groups in total. The molecule has 0 radical (unpaired) electrons. The molecule has 4 heteroatoms. The number of nitrogens with two attached hydrogens (primary N) is 1. The Hall–Kier alpha value is -0.870. The topological polar surface area (TPSA) is 55.1 Å². The van der Waals surface area contributed by atoms with Crippen molar-refractivity contribution in [1.29, 1.82) is 0 Å². The molecule has 1 unspecified atom stereocenters. The molecule has 1 fully saturated rings. The fourth-order valence-corrected chi connectivity index (χ4v) is 3.12. The Balaban J connectivity index is 2.13. The second-order valence-corrected chi connectivity index (χ2v) is 6.55. The lowest BCUT2D eigenvalue weighted by molar-refractivity contribution is -0.120. The second-order valence-electron chi connectivity index (χ2n) is 5.70. The summed E-state index contributed by atoms with van der Waals surface area (Å²) in [5.74, 6) is -0.295. The van der Waals surface area contributed by atoms with Crippen LogP contribution in [0.3, 0.4) is 0 Å². The van der Waals surface area contributed by atoms with Crippen LogP contribution in [0.1, 0.15) is 55.7 Å². The van der Waals surface area contributed by atoms with Crippen LogP contribution in [0.15, 0.2) is 22.7 Å². The Labute approximate surface area is 129 Å². The summed E-state index contributed by atoms with van der Waals surface area (Å²) in [4.78, 5) is 11.8. The van der Waals surface area contributed by atoms with Crippen LogP contribution in [0.4, 0.5) is 0 Å². The fourth-order valence-electron chi connectivity index (χ4n) is 2.87. The molecule has 110 valence electrons. The number of nitrogens with one attached hydrogen (secondary N) is 1. The SMILES string of the molecule is Cc1cc(C(NC2CCCCCC2)C(N)=O)ccc1Br. The third-order valence-corrected chi connectivity index (χ3v) is 4.95. The molecule has 0 bridgehead atoms. The predicted octanol–water partition coefficient (Wildman–Crippen LogP) is 3.60. The third kappa shape index (κ3) is 4.06. The third-order valence-electron chi connectivity index (χ3n) is 4.06. The van der Waals surface area contributed by atoms with Crippen molar-refractivity contribution in [1.82, 2.24) is 5.32 Å². The molecule has 1 saturated carbocycles. The van der Waals surface area contributed by atoms with Gasteiger partial charge in [-0.15, -0.1) is 0 Å². The van der Waals surface area contributed by atoms with Gasteiger partial charge in [0.15, 0.2) is 0 Å². The molecule has 0 aliphatic heterocycles. The molecule has 1 aliphatic rings. The van der Waals surface area contributed by atoms with Gasteiger partial charge >= 0.3 is 0 Å². The zero-order chi connectivity index (χ0) is 14.5. The molecule has 1 amide bonds. The Morgan fingerprint density at radius 1 is 1.30 bits per heavy atom. The Morgan fingerprint density at radius 3 is 2.50 bits per heavy atom. The normalized spacial score (nSPS) is 18.5. The van der Waals surface area contributed by atoms with Crippen molar-refractivity contribution in [2.75, 3.05) is 0 Å². The van der Waals surface area contributed by atoms with Gasteiger partial charge in [-0.05, 0) is 37.0 Å². The quantitative estimate of drug-likeness (QED) is 0.824. The average Bonchev–Trinajstić information content (AvgIpc) is 2.67. The van der Waals surface area contributed by atoms with Crippen LogP contribution >= 0.6 is 15.9 Å². The van der Waals surface area contributed by atoms with E-state index in [0.717, 1.165) is 28.4 Å². The van der Waals surface area contributed by atoms with Crippen LogP contribution in [0.2, 0.25) is 0 Å². The van der Waals surface area contributed by atoms with E-state index in [1.807, 2.05) is 25.1 Å². The van der Waals surface area contributed by atoms with Crippen molar-refractivity contribution >= 4 is 21.8 Å². The van der Waals surface area contributed by atoms with E-state index in [0.29, 0.717) is 6.04 Å².